The highest BCUT2D eigenvalue weighted by atomic mass is 16.7. The molecule has 1 heterocycles. The van der Waals surface area contributed by atoms with Crippen LogP contribution in [0.5, 0.6) is 0 Å². The van der Waals surface area contributed by atoms with Crippen LogP contribution in [0.25, 0.3) is 0 Å². The van der Waals surface area contributed by atoms with Gasteiger partial charge in [0.2, 0.25) is 0 Å². The molecule has 1 rings (SSSR count). The molecule has 0 aliphatic carbocycles. The fourth-order valence-electron chi connectivity index (χ4n) is 6.68. The number of hydrogen-bond donors (Lipinski definition) is 4. The number of hydrogen-bond acceptors (Lipinski definition) is 9. The van der Waals surface area contributed by atoms with Crippen molar-refractivity contribution >= 4 is 5.97 Å². The minimum absolute atomic E-state index is 0.120. The van der Waals surface area contributed by atoms with E-state index in [9.17, 15) is 25.2 Å². The molecule has 1 aliphatic heterocycles. The summed E-state index contributed by atoms with van der Waals surface area (Å²) in [5.41, 5.74) is 0. The number of carbonyl (C=O) groups excluding carboxylic acids is 1. The number of aliphatic hydroxyl groups excluding tert-OH is 4. The van der Waals surface area contributed by atoms with E-state index in [4.69, 9.17) is 18.9 Å². The lowest BCUT2D eigenvalue weighted by atomic mass is 9.99. The SMILES string of the molecule is CC/C=C\C/C=C\C/C=C\CCCCCCCCCCOCC(COC1OC(CO)C(O)C(O)C1O)OC(=O)CCCCCCC/C=C\CCCCCCCC. The molecule has 4 N–H and O–H groups in total. The van der Waals surface area contributed by atoms with Crippen molar-refractivity contribution in [1.29, 1.82) is 0 Å². The fourth-order valence-corrected chi connectivity index (χ4v) is 6.68. The summed E-state index contributed by atoms with van der Waals surface area (Å²) in [6.45, 7) is 4.42. The van der Waals surface area contributed by atoms with E-state index in [0.717, 1.165) is 77.0 Å². The molecule has 9 heteroatoms. The summed E-state index contributed by atoms with van der Waals surface area (Å²) in [6, 6.07) is 0. The summed E-state index contributed by atoms with van der Waals surface area (Å²) >= 11 is 0. The zero-order valence-corrected chi connectivity index (χ0v) is 35.6. The number of rotatable bonds is 38. The Bertz CT molecular complexity index is 994. The Balaban J connectivity index is 2.27. The molecule has 0 bridgehead atoms. The van der Waals surface area contributed by atoms with Crippen LogP contribution in [0.2, 0.25) is 0 Å². The van der Waals surface area contributed by atoms with Crippen LogP contribution in [0.1, 0.15) is 181 Å². The van der Waals surface area contributed by atoms with Crippen LogP contribution in [-0.2, 0) is 23.7 Å². The molecule has 6 atom stereocenters. The highest BCUT2D eigenvalue weighted by Gasteiger charge is 2.44. The van der Waals surface area contributed by atoms with Crippen molar-refractivity contribution in [3.63, 3.8) is 0 Å². The Morgan fingerprint density at radius 3 is 1.66 bits per heavy atom. The van der Waals surface area contributed by atoms with Crippen LogP contribution in [0.3, 0.4) is 0 Å². The summed E-state index contributed by atoms with van der Waals surface area (Å²) in [5, 5.41) is 40.1. The molecule has 1 fully saturated rings. The van der Waals surface area contributed by atoms with Gasteiger partial charge in [-0.1, -0.05) is 152 Å². The average Bonchev–Trinajstić information content (AvgIpc) is 3.20. The first-order valence-electron chi connectivity index (χ1n) is 22.7. The summed E-state index contributed by atoms with van der Waals surface area (Å²) in [5.74, 6) is -0.326. The Kier molecular flexibility index (Phi) is 36.0. The van der Waals surface area contributed by atoms with Gasteiger partial charge in [0.1, 0.15) is 30.5 Å². The van der Waals surface area contributed by atoms with Crippen molar-refractivity contribution in [3.05, 3.63) is 48.6 Å². The summed E-state index contributed by atoms with van der Waals surface area (Å²) < 4.78 is 22.8. The first-order chi connectivity index (χ1) is 27.4. The maximum Gasteiger partial charge on any atom is 0.306 e. The number of carbonyl (C=O) groups is 1. The molecule has 6 unspecified atom stereocenters. The van der Waals surface area contributed by atoms with Gasteiger partial charge in [-0.2, -0.15) is 0 Å². The molecule has 326 valence electrons. The van der Waals surface area contributed by atoms with E-state index >= 15 is 0 Å². The van der Waals surface area contributed by atoms with E-state index in [0.29, 0.717) is 13.0 Å². The minimum atomic E-state index is -1.54. The van der Waals surface area contributed by atoms with Gasteiger partial charge in [0.25, 0.3) is 0 Å². The van der Waals surface area contributed by atoms with Crippen LogP contribution in [0.15, 0.2) is 48.6 Å². The summed E-state index contributed by atoms with van der Waals surface area (Å²) in [6.07, 6.45) is 39.9. The van der Waals surface area contributed by atoms with E-state index in [1.54, 1.807) is 0 Å². The Hall–Kier alpha value is -1.85. The Labute approximate surface area is 342 Å². The highest BCUT2D eigenvalue weighted by Crippen LogP contribution is 2.22. The first-order valence-corrected chi connectivity index (χ1v) is 22.7. The molecule has 0 aromatic rings. The standard InChI is InChI=1S/C47H84O9/c1-3-5-7-9-11-13-15-17-19-20-21-23-25-27-29-31-33-35-37-53-39-41(40-54-47-46(52)45(51)44(50)42(38-48)56-47)55-43(49)36-34-32-30-28-26-24-22-18-16-14-12-10-8-6-4-2/h5,7,11,13,17-19,22,41-42,44-48,50-52H,3-4,6,8-10,12,14-16,20-21,23-40H2,1-2H3/b7-5-,13-11-,19-17-,22-18-. The maximum atomic E-state index is 12.8. The summed E-state index contributed by atoms with van der Waals surface area (Å²) in [7, 11) is 0. The predicted octanol–water partition coefficient (Wildman–Crippen LogP) is 10.1. The maximum absolute atomic E-state index is 12.8. The van der Waals surface area contributed by atoms with Crippen molar-refractivity contribution in [2.45, 2.75) is 218 Å². The van der Waals surface area contributed by atoms with Crippen molar-refractivity contribution < 1.29 is 44.2 Å². The molecule has 9 nitrogen and oxygen atoms in total. The summed E-state index contributed by atoms with van der Waals surface area (Å²) in [4.78, 5) is 12.8. The van der Waals surface area contributed by atoms with Gasteiger partial charge in [0.15, 0.2) is 6.29 Å². The third kappa shape index (κ3) is 29.4. The van der Waals surface area contributed by atoms with Crippen LogP contribution < -0.4 is 0 Å². The lowest BCUT2D eigenvalue weighted by molar-refractivity contribution is -0.305. The third-order valence-corrected chi connectivity index (χ3v) is 10.2. The van der Waals surface area contributed by atoms with Gasteiger partial charge < -0.3 is 39.4 Å². The van der Waals surface area contributed by atoms with Crippen molar-refractivity contribution in [2.75, 3.05) is 26.4 Å². The number of esters is 1. The van der Waals surface area contributed by atoms with E-state index in [1.165, 1.54) is 83.5 Å². The molecule has 56 heavy (non-hydrogen) atoms. The minimum Gasteiger partial charge on any atom is -0.457 e. The number of unbranched alkanes of at least 4 members (excludes halogenated alkanes) is 19. The normalized spacial score (nSPS) is 21.0. The smallest absolute Gasteiger partial charge is 0.306 e. The van der Waals surface area contributed by atoms with Crippen LogP contribution in [0.4, 0.5) is 0 Å². The number of ether oxygens (including phenoxy) is 4. The topological polar surface area (TPSA) is 135 Å². The first kappa shape index (κ1) is 52.2. The molecule has 0 spiro atoms. The van der Waals surface area contributed by atoms with Crippen molar-refractivity contribution in [3.8, 4) is 0 Å². The second-order valence-corrected chi connectivity index (χ2v) is 15.5. The molecular weight excluding hydrogens is 709 g/mol. The van der Waals surface area contributed by atoms with E-state index in [1.807, 2.05) is 0 Å². The molecule has 0 radical (unpaired) electrons. The van der Waals surface area contributed by atoms with Crippen molar-refractivity contribution in [1.82, 2.24) is 0 Å². The van der Waals surface area contributed by atoms with Gasteiger partial charge in [-0.25, -0.2) is 0 Å². The Morgan fingerprint density at radius 1 is 0.589 bits per heavy atom. The molecule has 0 aromatic carbocycles. The monoisotopic (exact) mass is 793 g/mol. The fraction of sp³-hybridized carbons (Fsp3) is 0.809. The number of allylic oxidation sites excluding steroid dienone is 8. The van der Waals surface area contributed by atoms with Gasteiger partial charge in [-0.05, 0) is 70.6 Å². The van der Waals surface area contributed by atoms with Crippen LogP contribution in [0, 0.1) is 0 Å². The quantitative estimate of drug-likeness (QED) is 0.0274. The van der Waals surface area contributed by atoms with E-state index in [2.05, 4.69) is 62.5 Å². The van der Waals surface area contributed by atoms with Gasteiger partial charge in [-0.3, -0.25) is 4.79 Å². The van der Waals surface area contributed by atoms with Crippen LogP contribution >= 0.6 is 0 Å². The molecular formula is C47H84O9. The van der Waals surface area contributed by atoms with Gasteiger partial charge in [-0.15, -0.1) is 0 Å². The lowest BCUT2D eigenvalue weighted by Crippen LogP contribution is -2.59. The third-order valence-electron chi connectivity index (χ3n) is 10.2. The second-order valence-electron chi connectivity index (χ2n) is 15.5. The largest absolute Gasteiger partial charge is 0.457 e. The average molecular weight is 793 g/mol. The molecule has 0 saturated carbocycles. The van der Waals surface area contributed by atoms with E-state index in [-0.39, 0.29) is 19.2 Å². The zero-order chi connectivity index (χ0) is 40.7. The zero-order valence-electron chi connectivity index (χ0n) is 35.6. The Morgan fingerprint density at radius 2 is 1.09 bits per heavy atom. The molecule has 0 amide bonds. The van der Waals surface area contributed by atoms with Gasteiger partial charge >= 0.3 is 5.97 Å². The molecule has 1 saturated heterocycles. The van der Waals surface area contributed by atoms with Gasteiger partial charge in [0, 0.05) is 13.0 Å². The second kappa shape index (κ2) is 38.7. The lowest BCUT2D eigenvalue weighted by Gasteiger charge is -2.39. The van der Waals surface area contributed by atoms with Crippen LogP contribution in [-0.4, -0.2) is 89.6 Å². The number of aliphatic hydroxyl groups is 4. The predicted molar refractivity (Wildman–Crippen MR) is 228 cm³/mol. The van der Waals surface area contributed by atoms with Crippen molar-refractivity contribution in [2.24, 2.45) is 0 Å². The highest BCUT2D eigenvalue weighted by molar-refractivity contribution is 5.69. The molecule has 1 aliphatic rings. The van der Waals surface area contributed by atoms with Gasteiger partial charge in [0.05, 0.1) is 19.8 Å². The molecule has 0 aromatic heterocycles. The van der Waals surface area contributed by atoms with E-state index < -0.39 is 43.4 Å².